The first kappa shape index (κ1) is 21.1. The summed E-state index contributed by atoms with van der Waals surface area (Å²) in [5.74, 6) is -0.793. The van der Waals surface area contributed by atoms with Crippen LogP contribution in [-0.4, -0.2) is 31.9 Å². The van der Waals surface area contributed by atoms with Crippen molar-refractivity contribution in [2.75, 3.05) is 6.54 Å². The van der Waals surface area contributed by atoms with Crippen LogP contribution in [0.1, 0.15) is 45.1 Å². The number of aliphatic carboxylic acids is 1. The lowest BCUT2D eigenvalue weighted by Gasteiger charge is -2.10. The summed E-state index contributed by atoms with van der Waals surface area (Å²) in [7, 11) is -3.51. The Bertz CT molecular complexity index is 669. The minimum absolute atomic E-state index is 0.0636. The van der Waals surface area contributed by atoms with Gasteiger partial charge in [-0.05, 0) is 36.5 Å². The molecule has 0 heterocycles. The largest absolute Gasteiger partial charge is 0.481 e. The van der Waals surface area contributed by atoms with Gasteiger partial charge < -0.3 is 10.4 Å². The third kappa shape index (κ3) is 8.64. The van der Waals surface area contributed by atoms with Crippen LogP contribution in [0.25, 0.3) is 0 Å². The second-order valence-electron chi connectivity index (χ2n) is 6.27. The number of amides is 1. The van der Waals surface area contributed by atoms with Gasteiger partial charge in [0.1, 0.15) is 0 Å². The normalized spacial score (nSPS) is 11.5. The first-order valence-corrected chi connectivity index (χ1v) is 9.76. The zero-order valence-corrected chi connectivity index (χ0v) is 15.4. The Kier molecular flexibility index (Phi) is 8.57. The fourth-order valence-corrected chi connectivity index (χ4v) is 3.21. The third-order valence-electron chi connectivity index (χ3n) is 3.45. The van der Waals surface area contributed by atoms with Crippen LogP contribution in [0, 0.1) is 5.92 Å². The van der Waals surface area contributed by atoms with E-state index in [-0.39, 0.29) is 29.6 Å². The number of carboxylic acid groups (broad SMARTS) is 1. The van der Waals surface area contributed by atoms with E-state index in [4.69, 9.17) is 5.11 Å². The van der Waals surface area contributed by atoms with Crippen molar-refractivity contribution in [3.63, 3.8) is 0 Å². The van der Waals surface area contributed by atoms with Gasteiger partial charge in [0.05, 0.1) is 4.90 Å². The van der Waals surface area contributed by atoms with Crippen molar-refractivity contribution >= 4 is 21.9 Å². The Morgan fingerprint density at radius 1 is 1.08 bits per heavy atom. The smallest absolute Gasteiger partial charge is 0.303 e. The lowest BCUT2D eigenvalue weighted by molar-refractivity contribution is -0.137. The van der Waals surface area contributed by atoms with Gasteiger partial charge in [0.25, 0.3) is 0 Å². The molecule has 25 heavy (non-hydrogen) atoms. The van der Waals surface area contributed by atoms with Crippen molar-refractivity contribution < 1.29 is 23.1 Å². The quantitative estimate of drug-likeness (QED) is 0.515. The predicted molar refractivity (Wildman–Crippen MR) is 94.4 cm³/mol. The summed E-state index contributed by atoms with van der Waals surface area (Å²) in [6, 6.07) is 6.34. The summed E-state index contributed by atoms with van der Waals surface area (Å²) in [6.45, 7) is 4.53. The zero-order chi connectivity index (χ0) is 18.9. The Balaban J connectivity index is 2.44. The Morgan fingerprint density at radius 2 is 1.68 bits per heavy atom. The topological polar surface area (TPSA) is 113 Å². The molecule has 0 aromatic heterocycles. The highest BCUT2D eigenvalue weighted by molar-refractivity contribution is 7.89. The Morgan fingerprint density at radius 3 is 2.24 bits per heavy atom. The molecule has 1 aromatic rings. The van der Waals surface area contributed by atoms with E-state index in [1.165, 1.54) is 12.1 Å². The maximum atomic E-state index is 12.1. The van der Waals surface area contributed by atoms with E-state index in [0.717, 1.165) is 5.56 Å². The lowest BCUT2D eigenvalue weighted by Crippen LogP contribution is -2.27. The van der Waals surface area contributed by atoms with Gasteiger partial charge in [0, 0.05) is 25.9 Å². The van der Waals surface area contributed by atoms with Gasteiger partial charge in [-0.2, -0.15) is 0 Å². The minimum atomic E-state index is -3.51. The van der Waals surface area contributed by atoms with Crippen molar-refractivity contribution in [1.29, 1.82) is 0 Å². The third-order valence-corrected chi connectivity index (χ3v) is 4.89. The number of unbranched alkanes of at least 4 members (excludes halogenated alkanes) is 1. The van der Waals surface area contributed by atoms with Crippen LogP contribution in [0.2, 0.25) is 0 Å². The molecule has 0 aliphatic heterocycles. The molecule has 7 nitrogen and oxygen atoms in total. The van der Waals surface area contributed by atoms with E-state index in [9.17, 15) is 18.0 Å². The second-order valence-corrected chi connectivity index (χ2v) is 8.03. The molecule has 3 N–H and O–H groups in total. The van der Waals surface area contributed by atoms with Crippen LogP contribution in [-0.2, 0) is 26.2 Å². The molecule has 0 fully saturated rings. The first-order chi connectivity index (χ1) is 11.7. The van der Waals surface area contributed by atoms with Crippen LogP contribution in [0.15, 0.2) is 29.2 Å². The van der Waals surface area contributed by atoms with Gasteiger partial charge in [-0.15, -0.1) is 0 Å². The summed E-state index contributed by atoms with van der Waals surface area (Å²) in [4.78, 5) is 22.2. The van der Waals surface area contributed by atoms with Gasteiger partial charge >= 0.3 is 5.97 Å². The number of carboxylic acids is 1. The summed E-state index contributed by atoms with van der Waals surface area (Å²) in [5, 5.41) is 11.3. The van der Waals surface area contributed by atoms with Crippen LogP contribution >= 0.6 is 0 Å². The van der Waals surface area contributed by atoms with Gasteiger partial charge in [-0.1, -0.05) is 26.0 Å². The number of carbonyl (C=O) groups excluding carboxylic acids is 1. The standard InChI is InChI=1S/C17H26N2O5S/c1-13(2)11-19-25(23,24)15-9-7-14(8-10-15)12-18-16(20)5-3-4-6-17(21)22/h7-10,13,19H,3-6,11-12H2,1-2H3,(H,18,20)(H,21,22). The van der Waals surface area contributed by atoms with Crippen molar-refractivity contribution in [3.05, 3.63) is 29.8 Å². The van der Waals surface area contributed by atoms with E-state index in [2.05, 4.69) is 10.0 Å². The van der Waals surface area contributed by atoms with Crippen LogP contribution in [0.3, 0.4) is 0 Å². The number of carbonyl (C=O) groups is 2. The molecule has 0 spiro atoms. The Hall–Kier alpha value is -1.93. The fourth-order valence-electron chi connectivity index (χ4n) is 2.00. The summed E-state index contributed by atoms with van der Waals surface area (Å²) >= 11 is 0. The average Bonchev–Trinajstić information content (AvgIpc) is 2.55. The molecule has 0 aliphatic rings. The first-order valence-electron chi connectivity index (χ1n) is 8.28. The molecule has 0 bridgehead atoms. The molecule has 0 radical (unpaired) electrons. The van der Waals surface area contributed by atoms with Crippen molar-refractivity contribution in [2.24, 2.45) is 5.92 Å². The molecule has 140 valence electrons. The van der Waals surface area contributed by atoms with E-state index in [1.807, 2.05) is 13.8 Å². The molecule has 0 aliphatic carbocycles. The minimum Gasteiger partial charge on any atom is -0.481 e. The van der Waals surface area contributed by atoms with Gasteiger partial charge in [0.2, 0.25) is 15.9 Å². The fraction of sp³-hybridized carbons (Fsp3) is 0.529. The number of hydrogen-bond acceptors (Lipinski definition) is 4. The number of sulfonamides is 1. The highest BCUT2D eigenvalue weighted by atomic mass is 32.2. The molecule has 0 atom stereocenters. The van der Waals surface area contributed by atoms with E-state index < -0.39 is 16.0 Å². The van der Waals surface area contributed by atoms with Gasteiger partial charge in [0.15, 0.2) is 0 Å². The van der Waals surface area contributed by atoms with E-state index >= 15 is 0 Å². The summed E-state index contributed by atoms with van der Waals surface area (Å²) < 4.78 is 26.7. The molecule has 0 saturated heterocycles. The molecule has 8 heteroatoms. The molecule has 1 aromatic carbocycles. The maximum Gasteiger partial charge on any atom is 0.303 e. The molecular weight excluding hydrogens is 344 g/mol. The maximum absolute atomic E-state index is 12.1. The monoisotopic (exact) mass is 370 g/mol. The van der Waals surface area contributed by atoms with Crippen molar-refractivity contribution in [1.82, 2.24) is 10.0 Å². The molecule has 1 amide bonds. The van der Waals surface area contributed by atoms with Crippen LogP contribution in [0.5, 0.6) is 0 Å². The lowest BCUT2D eigenvalue weighted by atomic mass is 10.2. The molecule has 1 rings (SSSR count). The summed E-state index contributed by atoms with van der Waals surface area (Å²) in [5.41, 5.74) is 0.793. The van der Waals surface area contributed by atoms with E-state index in [0.29, 0.717) is 25.9 Å². The van der Waals surface area contributed by atoms with Crippen LogP contribution < -0.4 is 10.0 Å². The second kappa shape index (κ2) is 10.1. The van der Waals surface area contributed by atoms with Gasteiger partial charge in [-0.25, -0.2) is 13.1 Å². The highest BCUT2D eigenvalue weighted by Gasteiger charge is 2.13. The SMILES string of the molecule is CC(C)CNS(=O)(=O)c1ccc(CNC(=O)CCCCC(=O)O)cc1. The average molecular weight is 370 g/mol. The van der Waals surface area contributed by atoms with Crippen molar-refractivity contribution in [3.8, 4) is 0 Å². The number of benzene rings is 1. The number of nitrogens with one attached hydrogen (secondary N) is 2. The highest BCUT2D eigenvalue weighted by Crippen LogP contribution is 2.11. The predicted octanol–water partition coefficient (Wildman–Crippen LogP) is 1.88. The number of rotatable bonds is 11. The van der Waals surface area contributed by atoms with Crippen LogP contribution in [0.4, 0.5) is 0 Å². The molecule has 0 unspecified atom stereocenters. The zero-order valence-electron chi connectivity index (χ0n) is 14.6. The van der Waals surface area contributed by atoms with Gasteiger partial charge in [-0.3, -0.25) is 9.59 Å². The number of hydrogen-bond donors (Lipinski definition) is 3. The summed E-state index contributed by atoms with van der Waals surface area (Å²) in [6.07, 6.45) is 1.34. The van der Waals surface area contributed by atoms with E-state index in [1.54, 1.807) is 12.1 Å². The molecule has 0 saturated carbocycles. The van der Waals surface area contributed by atoms with Crippen molar-refractivity contribution in [2.45, 2.75) is 51.0 Å². The molecular formula is C17H26N2O5S. The Labute approximate surface area is 148 Å².